The van der Waals surface area contributed by atoms with Gasteiger partial charge in [-0.2, -0.15) is 9.97 Å². The van der Waals surface area contributed by atoms with E-state index in [9.17, 15) is 9.18 Å². The Balaban J connectivity index is 1.30. The van der Waals surface area contributed by atoms with Crippen LogP contribution in [0.15, 0.2) is 48.6 Å². The third kappa shape index (κ3) is 5.89. The number of benzene rings is 2. The first-order chi connectivity index (χ1) is 20.9. The van der Waals surface area contributed by atoms with E-state index < -0.39 is 6.67 Å². The Bertz CT molecular complexity index is 1500. The Kier molecular flexibility index (Phi) is 8.73. The summed E-state index contributed by atoms with van der Waals surface area (Å²) >= 11 is 6.70. The van der Waals surface area contributed by atoms with Crippen LogP contribution in [0.25, 0.3) is 10.8 Å². The topological polar surface area (TPSA) is 65.0 Å². The number of halogens is 2. The van der Waals surface area contributed by atoms with Crippen molar-refractivity contribution >= 4 is 39.8 Å². The molecule has 0 bridgehead atoms. The summed E-state index contributed by atoms with van der Waals surface area (Å²) in [5.74, 6) is 0.744. The van der Waals surface area contributed by atoms with Gasteiger partial charge in [-0.1, -0.05) is 42.8 Å². The second kappa shape index (κ2) is 12.7. The highest BCUT2D eigenvalue weighted by Gasteiger charge is 2.38. The number of carbonyl (C=O) groups excluding carboxylic acids is 1. The number of allylic oxidation sites excluding steroid dienone is 1. The fraction of sp³-hybridized carbons (Fsp3) is 0.485. The van der Waals surface area contributed by atoms with E-state index in [1.54, 1.807) is 4.90 Å². The number of likely N-dealkylation sites (N-methyl/N-ethyl adjacent to an activating group) is 1. The second-order valence-corrected chi connectivity index (χ2v) is 12.2. The van der Waals surface area contributed by atoms with Crippen LogP contribution in [0.2, 0.25) is 5.02 Å². The average molecular weight is 607 g/mol. The summed E-state index contributed by atoms with van der Waals surface area (Å²) in [6.45, 7) is 7.01. The largest absolute Gasteiger partial charge is 0.461 e. The van der Waals surface area contributed by atoms with Gasteiger partial charge in [-0.05, 0) is 62.9 Å². The normalized spacial score (nSPS) is 21.2. The molecule has 0 N–H and O–H groups in total. The fourth-order valence-electron chi connectivity index (χ4n) is 6.85. The van der Waals surface area contributed by atoms with Gasteiger partial charge in [0.25, 0.3) is 0 Å². The van der Waals surface area contributed by atoms with E-state index >= 15 is 0 Å². The zero-order chi connectivity index (χ0) is 30.0. The minimum absolute atomic E-state index is 0.00964. The van der Waals surface area contributed by atoms with Crippen LogP contribution in [0.3, 0.4) is 0 Å². The summed E-state index contributed by atoms with van der Waals surface area (Å²) in [4.78, 5) is 31.3. The molecule has 8 nitrogen and oxygen atoms in total. The van der Waals surface area contributed by atoms with E-state index in [0.717, 1.165) is 77.3 Å². The standard InChI is InChI=1S/C33H40ClFN6O2/c1-3-33(14-7-16-38(33)2)23-43-32-36-27-22-41(28-11-5-9-24-8-4-10-26(34)30(24)28)17-13-25(27)31(37-32)40-20-18-39(19-21-40)29(42)12-6-15-35/h4-6,8-12H,3,7,13-23H2,1-2H3/b12-6+. The van der Waals surface area contributed by atoms with Crippen molar-refractivity contribution in [2.45, 2.75) is 44.7 Å². The van der Waals surface area contributed by atoms with Crippen molar-refractivity contribution in [1.82, 2.24) is 19.8 Å². The van der Waals surface area contributed by atoms with Crippen LogP contribution in [0.5, 0.6) is 6.01 Å². The molecule has 2 aromatic carbocycles. The summed E-state index contributed by atoms with van der Waals surface area (Å²) in [6, 6.07) is 12.7. The molecule has 3 aromatic rings. The molecule has 0 aliphatic carbocycles. The lowest BCUT2D eigenvalue weighted by molar-refractivity contribution is -0.126. The monoisotopic (exact) mass is 606 g/mol. The third-order valence-corrected chi connectivity index (χ3v) is 9.82. The predicted molar refractivity (Wildman–Crippen MR) is 170 cm³/mol. The highest BCUT2D eigenvalue weighted by molar-refractivity contribution is 6.36. The molecule has 1 aromatic heterocycles. The molecule has 228 valence electrons. The molecular formula is C33H40ClFN6O2. The smallest absolute Gasteiger partial charge is 0.318 e. The predicted octanol–water partition coefficient (Wildman–Crippen LogP) is 5.27. The van der Waals surface area contributed by atoms with E-state index in [2.05, 4.69) is 52.9 Å². The lowest BCUT2D eigenvalue weighted by Gasteiger charge is -2.38. The van der Waals surface area contributed by atoms with Gasteiger partial charge in [0.1, 0.15) is 19.1 Å². The summed E-state index contributed by atoms with van der Waals surface area (Å²) < 4.78 is 19.0. The van der Waals surface area contributed by atoms with E-state index in [1.165, 1.54) is 12.2 Å². The highest BCUT2D eigenvalue weighted by atomic mass is 35.5. The van der Waals surface area contributed by atoms with E-state index in [-0.39, 0.29) is 11.4 Å². The Morgan fingerprint density at radius 1 is 1.07 bits per heavy atom. The van der Waals surface area contributed by atoms with Crippen LogP contribution in [0.4, 0.5) is 15.9 Å². The minimum Gasteiger partial charge on any atom is -0.461 e. The molecule has 0 spiro atoms. The van der Waals surface area contributed by atoms with Crippen LogP contribution in [0.1, 0.15) is 37.4 Å². The number of aromatic nitrogens is 2. The maximum atomic E-state index is 12.6. The van der Waals surface area contributed by atoms with Gasteiger partial charge in [0, 0.05) is 55.4 Å². The third-order valence-electron chi connectivity index (χ3n) is 9.51. The second-order valence-electron chi connectivity index (χ2n) is 11.8. The number of nitrogens with zero attached hydrogens (tertiary/aromatic N) is 6. The average Bonchev–Trinajstić information content (AvgIpc) is 3.41. The number of rotatable bonds is 8. The van der Waals surface area contributed by atoms with Crippen molar-refractivity contribution in [2.24, 2.45) is 0 Å². The van der Waals surface area contributed by atoms with Gasteiger partial charge < -0.3 is 19.4 Å². The molecule has 6 rings (SSSR count). The van der Waals surface area contributed by atoms with Gasteiger partial charge in [0.05, 0.1) is 22.8 Å². The summed E-state index contributed by atoms with van der Waals surface area (Å²) in [5.41, 5.74) is 3.19. The number of hydrogen-bond donors (Lipinski definition) is 0. The molecule has 43 heavy (non-hydrogen) atoms. The maximum Gasteiger partial charge on any atom is 0.318 e. The molecule has 3 aliphatic rings. The van der Waals surface area contributed by atoms with Crippen LogP contribution in [-0.4, -0.2) is 90.8 Å². The number of alkyl halides is 1. The van der Waals surface area contributed by atoms with Gasteiger partial charge in [0.2, 0.25) is 5.91 Å². The Hall–Kier alpha value is -3.43. The lowest BCUT2D eigenvalue weighted by Crippen LogP contribution is -2.49. The first-order valence-corrected chi connectivity index (χ1v) is 15.7. The maximum absolute atomic E-state index is 12.6. The molecule has 0 radical (unpaired) electrons. The number of hydrogen-bond acceptors (Lipinski definition) is 7. The number of fused-ring (bicyclic) bond motifs is 2. The Labute approximate surface area is 258 Å². The van der Waals surface area contributed by atoms with Crippen LogP contribution in [0, 0.1) is 0 Å². The number of piperazine rings is 1. The number of likely N-dealkylation sites (tertiary alicyclic amines) is 1. The zero-order valence-electron chi connectivity index (χ0n) is 25.1. The molecule has 3 aliphatic heterocycles. The Morgan fingerprint density at radius 3 is 2.58 bits per heavy atom. The van der Waals surface area contributed by atoms with Crippen molar-refractivity contribution < 1.29 is 13.9 Å². The summed E-state index contributed by atoms with van der Waals surface area (Å²) in [5, 5.41) is 2.91. The molecule has 1 amide bonds. The molecule has 10 heteroatoms. The number of ether oxygens (including phenoxy) is 1. The minimum atomic E-state index is -0.640. The zero-order valence-corrected chi connectivity index (χ0v) is 25.8. The van der Waals surface area contributed by atoms with Crippen molar-refractivity contribution in [3.05, 3.63) is 64.8 Å². The van der Waals surface area contributed by atoms with Crippen LogP contribution < -0.4 is 14.5 Å². The lowest BCUT2D eigenvalue weighted by atomic mass is 9.94. The summed E-state index contributed by atoms with van der Waals surface area (Å²) in [7, 11) is 2.18. The van der Waals surface area contributed by atoms with E-state index in [4.69, 9.17) is 26.3 Å². The van der Waals surface area contributed by atoms with Gasteiger partial charge in [-0.3, -0.25) is 9.69 Å². The number of carbonyl (C=O) groups is 1. The van der Waals surface area contributed by atoms with Crippen LogP contribution in [-0.2, 0) is 17.8 Å². The first kappa shape index (κ1) is 29.6. The molecule has 0 saturated carbocycles. The van der Waals surface area contributed by atoms with Crippen LogP contribution >= 0.6 is 11.6 Å². The molecule has 2 saturated heterocycles. The molecule has 4 heterocycles. The number of amides is 1. The molecule has 1 unspecified atom stereocenters. The summed E-state index contributed by atoms with van der Waals surface area (Å²) in [6.07, 6.45) is 6.64. The van der Waals surface area contributed by atoms with E-state index in [1.807, 2.05) is 12.1 Å². The Morgan fingerprint density at radius 2 is 1.86 bits per heavy atom. The van der Waals surface area contributed by atoms with Crippen molar-refractivity contribution in [3.8, 4) is 6.01 Å². The highest BCUT2D eigenvalue weighted by Crippen LogP contribution is 2.37. The van der Waals surface area contributed by atoms with Gasteiger partial charge in [-0.25, -0.2) is 4.39 Å². The van der Waals surface area contributed by atoms with E-state index in [0.29, 0.717) is 45.3 Å². The van der Waals surface area contributed by atoms with Crippen molar-refractivity contribution in [2.75, 3.05) is 69.4 Å². The SMILES string of the molecule is CCC1(COc2nc3c(c(N4CCN(C(=O)/C=C/CF)CC4)n2)CCN(c2cccc4cccc(Cl)c24)C3)CCCN1C. The number of anilines is 2. The fourth-order valence-corrected chi connectivity index (χ4v) is 7.13. The van der Waals surface area contributed by atoms with Crippen molar-refractivity contribution in [1.29, 1.82) is 0 Å². The quantitative estimate of drug-likeness (QED) is 0.324. The van der Waals surface area contributed by atoms with Gasteiger partial charge >= 0.3 is 6.01 Å². The molecule has 2 fully saturated rings. The van der Waals surface area contributed by atoms with Gasteiger partial charge in [-0.15, -0.1) is 0 Å². The molecule has 1 atom stereocenters. The van der Waals surface area contributed by atoms with Gasteiger partial charge in [0.15, 0.2) is 0 Å². The first-order valence-electron chi connectivity index (χ1n) is 15.3. The van der Waals surface area contributed by atoms with Crippen molar-refractivity contribution in [3.63, 3.8) is 0 Å². The molecular weight excluding hydrogens is 567 g/mol.